The molecule has 1 N–H and O–H groups in total. The smallest absolute Gasteiger partial charge is 0.252 e. The van der Waals surface area contributed by atoms with Crippen LogP contribution in [0.4, 0.5) is 0 Å². The quantitative estimate of drug-likeness (QED) is 0.676. The van der Waals surface area contributed by atoms with Crippen LogP contribution in [0.3, 0.4) is 0 Å². The molecule has 0 spiro atoms. The molecule has 0 aliphatic carbocycles. The van der Waals surface area contributed by atoms with Gasteiger partial charge in [-0.15, -0.1) is 11.8 Å². The fraction of sp³-hybridized carbons (Fsp3) is 0.375. The van der Waals surface area contributed by atoms with Crippen LogP contribution in [-0.4, -0.2) is 43.5 Å². The molecule has 31 heavy (non-hydrogen) atoms. The van der Waals surface area contributed by atoms with E-state index >= 15 is 0 Å². The number of carbonyl (C=O) groups is 3. The fourth-order valence-electron chi connectivity index (χ4n) is 4.24. The Balaban J connectivity index is 1.44. The molecular weight excluding hydrogens is 428 g/mol. The third-order valence-electron chi connectivity index (χ3n) is 5.83. The largest absolute Gasteiger partial charge is 0.339 e. The Labute approximate surface area is 191 Å². The van der Waals surface area contributed by atoms with E-state index in [-0.39, 0.29) is 28.7 Å². The Morgan fingerprint density at radius 1 is 1.00 bits per heavy atom. The fourth-order valence-corrected chi connectivity index (χ4v) is 7.04. The molecule has 0 aromatic heterocycles. The van der Waals surface area contributed by atoms with Crippen molar-refractivity contribution >= 4 is 40.5 Å². The normalized spacial score (nSPS) is 26.2. The predicted octanol–water partition coefficient (Wildman–Crippen LogP) is 3.63. The average Bonchev–Trinajstić information content (AvgIpc) is 3.02. The van der Waals surface area contributed by atoms with Crippen molar-refractivity contribution in [1.29, 1.82) is 0 Å². The van der Waals surface area contributed by atoms with Crippen molar-refractivity contribution < 1.29 is 14.4 Å². The second-order valence-electron chi connectivity index (χ2n) is 8.69. The van der Waals surface area contributed by atoms with Crippen molar-refractivity contribution in [2.45, 2.75) is 54.6 Å². The lowest BCUT2D eigenvalue weighted by atomic mass is 9.86. The maximum absolute atomic E-state index is 13.2. The van der Waals surface area contributed by atoms with E-state index in [4.69, 9.17) is 0 Å². The molecule has 162 valence electrons. The van der Waals surface area contributed by atoms with Gasteiger partial charge in [0, 0.05) is 10.5 Å². The Kier molecular flexibility index (Phi) is 5.92. The van der Waals surface area contributed by atoms with Gasteiger partial charge in [-0.25, -0.2) is 0 Å². The number of rotatable bonds is 6. The second-order valence-corrected chi connectivity index (χ2v) is 11.4. The summed E-state index contributed by atoms with van der Waals surface area (Å²) >= 11 is 2.84. The zero-order valence-corrected chi connectivity index (χ0v) is 19.5. The summed E-state index contributed by atoms with van der Waals surface area (Å²) in [7, 11) is 0. The minimum absolute atomic E-state index is 0.00475. The maximum Gasteiger partial charge on any atom is 0.252 e. The van der Waals surface area contributed by atoms with Crippen LogP contribution < -0.4 is 5.32 Å². The summed E-state index contributed by atoms with van der Waals surface area (Å²) in [5.74, 6) is 0.207. The summed E-state index contributed by atoms with van der Waals surface area (Å²) in [4.78, 5) is 40.6. The molecule has 2 amide bonds. The van der Waals surface area contributed by atoms with Crippen molar-refractivity contribution in [3.05, 3.63) is 71.8 Å². The monoisotopic (exact) mass is 454 g/mol. The molecule has 2 fully saturated rings. The molecule has 0 radical (unpaired) electrons. The highest BCUT2D eigenvalue weighted by atomic mass is 32.2. The van der Waals surface area contributed by atoms with E-state index in [9.17, 15) is 14.4 Å². The van der Waals surface area contributed by atoms with Crippen LogP contribution >= 0.6 is 23.5 Å². The van der Waals surface area contributed by atoms with Crippen LogP contribution in [0.1, 0.15) is 31.9 Å². The van der Waals surface area contributed by atoms with Gasteiger partial charge in [0.25, 0.3) is 5.91 Å². The van der Waals surface area contributed by atoms with Crippen molar-refractivity contribution in [2.24, 2.45) is 0 Å². The Morgan fingerprint density at radius 2 is 1.58 bits per heavy atom. The number of fused-ring (bicyclic) bond motifs is 1. The molecule has 5 nitrogen and oxygen atoms in total. The van der Waals surface area contributed by atoms with Crippen LogP contribution in [0.5, 0.6) is 0 Å². The van der Waals surface area contributed by atoms with Crippen LogP contribution in [0.2, 0.25) is 0 Å². The van der Waals surface area contributed by atoms with E-state index in [1.54, 1.807) is 23.6 Å². The number of nitrogens with one attached hydrogen (secondary N) is 1. The number of amides is 2. The van der Waals surface area contributed by atoms with E-state index in [1.807, 2.05) is 74.5 Å². The van der Waals surface area contributed by atoms with E-state index in [1.165, 1.54) is 11.8 Å². The highest BCUT2D eigenvalue weighted by Crippen LogP contribution is 2.55. The number of hydrogen-bond donors (Lipinski definition) is 1. The molecule has 2 heterocycles. The van der Waals surface area contributed by atoms with Gasteiger partial charge in [0.15, 0.2) is 0 Å². The second kappa shape index (κ2) is 8.36. The average molecular weight is 455 g/mol. The van der Waals surface area contributed by atoms with Crippen LogP contribution in [0.15, 0.2) is 60.7 Å². The molecular formula is C24H26N2O3S2. The first-order chi connectivity index (χ1) is 14.7. The third-order valence-corrected chi connectivity index (χ3v) is 8.57. The molecule has 2 aliphatic rings. The van der Waals surface area contributed by atoms with Gasteiger partial charge in [-0.05, 0) is 31.9 Å². The van der Waals surface area contributed by atoms with Gasteiger partial charge in [0.05, 0.1) is 6.42 Å². The molecule has 3 atom stereocenters. The lowest BCUT2D eigenvalue weighted by Crippen LogP contribution is -2.78. The molecule has 2 saturated heterocycles. The van der Waals surface area contributed by atoms with Gasteiger partial charge >= 0.3 is 0 Å². The van der Waals surface area contributed by atoms with Crippen LogP contribution in [-0.2, 0) is 26.6 Å². The number of benzene rings is 2. The molecule has 7 heteroatoms. The molecule has 0 bridgehead atoms. The predicted molar refractivity (Wildman–Crippen MR) is 126 cm³/mol. The van der Waals surface area contributed by atoms with E-state index in [2.05, 4.69) is 5.32 Å². The van der Waals surface area contributed by atoms with Gasteiger partial charge < -0.3 is 10.2 Å². The number of carbonyl (C=O) groups excluding carboxylic acids is 3. The number of nitrogens with zero attached hydrogens (tertiary/aromatic N) is 1. The molecule has 0 unspecified atom stereocenters. The van der Waals surface area contributed by atoms with Crippen molar-refractivity contribution in [3.8, 4) is 0 Å². The highest BCUT2D eigenvalue weighted by Gasteiger charge is 2.69. The minimum Gasteiger partial charge on any atom is -0.339 e. The molecule has 2 aromatic rings. The summed E-state index contributed by atoms with van der Waals surface area (Å²) in [6, 6.07) is 18.8. The molecule has 0 saturated carbocycles. The van der Waals surface area contributed by atoms with Crippen molar-refractivity contribution in [3.63, 3.8) is 0 Å². The summed E-state index contributed by atoms with van der Waals surface area (Å²) < 4.78 is -0.428. The van der Waals surface area contributed by atoms with Crippen LogP contribution in [0, 0.1) is 0 Å². The van der Waals surface area contributed by atoms with Gasteiger partial charge in [-0.2, -0.15) is 0 Å². The maximum atomic E-state index is 13.2. The summed E-state index contributed by atoms with van der Waals surface area (Å²) in [6.45, 7) is 5.77. The SMILES string of the molecule is CC1(C)S[C@H]2N(C(=O)[C@@]2(C)NC(=O)Cc2ccccc2)[C@H]1C(=O)SCc1ccccc1. The standard InChI is InChI=1S/C24H26N2O3S2/c1-23(2)19(20(28)30-15-17-12-8-5-9-13-17)26-21(29)24(3,22(26)31-23)25-18(27)14-16-10-6-4-7-11-16/h4-13,19,22H,14-15H2,1-3H3,(H,25,27)/t19-,22+,24+/m0/s1. The molecule has 2 aliphatic heterocycles. The highest BCUT2D eigenvalue weighted by molar-refractivity contribution is 8.13. The van der Waals surface area contributed by atoms with Crippen molar-refractivity contribution in [2.75, 3.05) is 0 Å². The zero-order valence-electron chi connectivity index (χ0n) is 17.8. The number of thioether (sulfide) groups is 2. The van der Waals surface area contributed by atoms with E-state index in [0.717, 1.165) is 11.1 Å². The van der Waals surface area contributed by atoms with Gasteiger partial charge in [0.2, 0.25) is 11.0 Å². The Hall–Kier alpha value is -2.25. The first-order valence-corrected chi connectivity index (χ1v) is 12.1. The summed E-state index contributed by atoms with van der Waals surface area (Å²) in [5.41, 5.74) is 0.984. The Morgan fingerprint density at radius 3 is 2.19 bits per heavy atom. The zero-order chi connectivity index (χ0) is 22.2. The van der Waals surface area contributed by atoms with E-state index < -0.39 is 16.3 Å². The topological polar surface area (TPSA) is 66.5 Å². The minimum atomic E-state index is -0.993. The first kappa shape index (κ1) is 22.0. The molecule has 2 aromatic carbocycles. The number of β-lactam (4-membered cyclic amide) rings is 1. The van der Waals surface area contributed by atoms with Gasteiger partial charge in [-0.3, -0.25) is 14.4 Å². The number of hydrogen-bond acceptors (Lipinski definition) is 5. The summed E-state index contributed by atoms with van der Waals surface area (Å²) in [6.07, 6.45) is 0.222. The lowest BCUT2D eigenvalue weighted by molar-refractivity contribution is -0.161. The first-order valence-electron chi connectivity index (χ1n) is 10.3. The summed E-state index contributed by atoms with van der Waals surface area (Å²) in [5, 5.41) is 2.69. The molecule has 4 rings (SSSR count). The van der Waals surface area contributed by atoms with Crippen LogP contribution in [0.25, 0.3) is 0 Å². The third kappa shape index (κ3) is 4.13. The lowest BCUT2D eigenvalue weighted by Gasteiger charge is -2.51. The van der Waals surface area contributed by atoms with Gasteiger partial charge in [-0.1, -0.05) is 72.4 Å². The van der Waals surface area contributed by atoms with Crippen molar-refractivity contribution in [1.82, 2.24) is 10.2 Å². The van der Waals surface area contributed by atoms with Gasteiger partial charge in [0.1, 0.15) is 17.0 Å². The van der Waals surface area contributed by atoms with E-state index in [0.29, 0.717) is 5.75 Å². The Bertz CT molecular complexity index is 996.